The molecule has 21 heavy (non-hydrogen) atoms. The summed E-state index contributed by atoms with van der Waals surface area (Å²) in [6.45, 7) is 1.39. The molecular formula is C14H13BrN2O3S. The highest BCUT2D eigenvalue weighted by Crippen LogP contribution is 2.20. The highest BCUT2D eigenvalue weighted by atomic mass is 79.9. The van der Waals surface area contributed by atoms with E-state index >= 15 is 0 Å². The summed E-state index contributed by atoms with van der Waals surface area (Å²) in [7, 11) is -3.66. The van der Waals surface area contributed by atoms with Crippen LogP contribution >= 0.6 is 15.9 Å². The highest BCUT2D eigenvalue weighted by Gasteiger charge is 2.14. The van der Waals surface area contributed by atoms with Crippen molar-refractivity contribution in [1.82, 2.24) is 0 Å². The zero-order chi connectivity index (χ0) is 15.5. The Morgan fingerprint density at radius 3 is 2.29 bits per heavy atom. The Labute approximate surface area is 131 Å². The van der Waals surface area contributed by atoms with E-state index in [1.807, 2.05) is 0 Å². The fourth-order valence-corrected chi connectivity index (χ4v) is 3.14. The van der Waals surface area contributed by atoms with Crippen molar-refractivity contribution in [3.05, 3.63) is 53.0 Å². The third-order valence-electron chi connectivity index (χ3n) is 2.56. The van der Waals surface area contributed by atoms with Crippen LogP contribution in [0.15, 0.2) is 57.9 Å². The number of anilines is 2. The summed E-state index contributed by atoms with van der Waals surface area (Å²) in [5.41, 5.74) is 1.01. The highest BCUT2D eigenvalue weighted by molar-refractivity contribution is 9.10. The fraction of sp³-hybridized carbons (Fsp3) is 0.0714. The number of carbonyl (C=O) groups excluding carboxylic acids is 1. The molecule has 2 N–H and O–H groups in total. The number of benzene rings is 2. The number of amides is 1. The Morgan fingerprint density at radius 2 is 1.71 bits per heavy atom. The molecule has 0 saturated carbocycles. The van der Waals surface area contributed by atoms with Gasteiger partial charge in [-0.15, -0.1) is 0 Å². The topological polar surface area (TPSA) is 75.3 Å². The second kappa shape index (κ2) is 6.28. The zero-order valence-corrected chi connectivity index (χ0v) is 13.5. The summed E-state index contributed by atoms with van der Waals surface area (Å²) >= 11 is 3.28. The second-order valence-electron chi connectivity index (χ2n) is 4.32. The monoisotopic (exact) mass is 368 g/mol. The Balaban J connectivity index is 2.21. The summed E-state index contributed by atoms with van der Waals surface area (Å²) < 4.78 is 27.7. The molecule has 0 aromatic heterocycles. The molecule has 110 valence electrons. The van der Waals surface area contributed by atoms with Crippen LogP contribution in [0.3, 0.4) is 0 Å². The first-order valence-corrected chi connectivity index (χ1v) is 8.30. The standard InChI is InChI=1S/C14H13BrN2O3S/c1-10(18)16-12-5-7-14(8-6-12)21(19,20)17-13-4-2-3-11(15)9-13/h2-9,17H,1H3,(H,16,18). The number of nitrogens with one attached hydrogen (secondary N) is 2. The first kappa shape index (κ1) is 15.5. The molecule has 0 unspecified atom stereocenters. The number of sulfonamides is 1. The molecule has 2 aromatic rings. The summed E-state index contributed by atoms with van der Waals surface area (Å²) in [6, 6.07) is 12.8. The van der Waals surface area contributed by atoms with Crippen molar-refractivity contribution in [3.63, 3.8) is 0 Å². The van der Waals surface area contributed by atoms with Crippen LogP contribution in [0, 0.1) is 0 Å². The van der Waals surface area contributed by atoms with Gasteiger partial charge in [-0.05, 0) is 42.5 Å². The van der Waals surface area contributed by atoms with Gasteiger partial charge in [-0.1, -0.05) is 22.0 Å². The van der Waals surface area contributed by atoms with Gasteiger partial charge in [0.05, 0.1) is 4.90 Å². The minimum Gasteiger partial charge on any atom is -0.326 e. The number of rotatable bonds is 4. The van der Waals surface area contributed by atoms with E-state index in [0.717, 1.165) is 4.47 Å². The first-order valence-electron chi connectivity index (χ1n) is 6.03. The summed E-state index contributed by atoms with van der Waals surface area (Å²) in [6.07, 6.45) is 0. The summed E-state index contributed by atoms with van der Waals surface area (Å²) in [5.74, 6) is -0.210. The maximum absolute atomic E-state index is 12.2. The van der Waals surface area contributed by atoms with Crippen LogP contribution in [0.25, 0.3) is 0 Å². The number of carbonyl (C=O) groups is 1. The van der Waals surface area contributed by atoms with Gasteiger partial charge in [0.2, 0.25) is 5.91 Å². The van der Waals surface area contributed by atoms with Crippen LogP contribution in [0.2, 0.25) is 0 Å². The second-order valence-corrected chi connectivity index (χ2v) is 6.92. The predicted octanol–water partition coefficient (Wildman–Crippen LogP) is 3.21. The van der Waals surface area contributed by atoms with Crippen molar-refractivity contribution >= 4 is 43.2 Å². The fourth-order valence-electron chi connectivity index (χ4n) is 1.69. The van der Waals surface area contributed by atoms with Gasteiger partial charge in [-0.25, -0.2) is 8.42 Å². The molecule has 0 bridgehead atoms. The van der Waals surface area contributed by atoms with Gasteiger partial charge in [-0.3, -0.25) is 9.52 Å². The molecule has 5 nitrogen and oxygen atoms in total. The van der Waals surface area contributed by atoms with Crippen molar-refractivity contribution < 1.29 is 13.2 Å². The Kier molecular flexibility index (Phi) is 4.64. The maximum Gasteiger partial charge on any atom is 0.261 e. The van der Waals surface area contributed by atoms with Gasteiger partial charge in [0.1, 0.15) is 0 Å². The molecule has 1 amide bonds. The molecule has 0 heterocycles. The maximum atomic E-state index is 12.2. The first-order chi connectivity index (χ1) is 9.87. The molecule has 0 spiro atoms. The molecule has 0 aliphatic rings. The minimum atomic E-state index is -3.66. The Morgan fingerprint density at radius 1 is 1.05 bits per heavy atom. The van der Waals surface area contributed by atoms with Crippen molar-refractivity contribution in [1.29, 1.82) is 0 Å². The summed E-state index contributed by atoms with van der Waals surface area (Å²) in [5, 5.41) is 2.58. The smallest absolute Gasteiger partial charge is 0.261 e. The molecule has 2 aromatic carbocycles. The predicted molar refractivity (Wildman–Crippen MR) is 85.7 cm³/mol. The van der Waals surface area contributed by atoms with Crippen molar-refractivity contribution in [2.75, 3.05) is 10.0 Å². The van der Waals surface area contributed by atoms with Gasteiger partial charge < -0.3 is 5.32 Å². The Bertz CT molecular complexity index is 758. The number of hydrogen-bond donors (Lipinski definition) is 2. The van der Waals surface area contributed by atoms with Crippen LogP contribution in [0.1, 0.15) is 6.92 Å². The molecule has 0 aliphatic carbocycles. The third kappa shape index (κ3) is 4.30. The van der Waals surface area contributed by atoms with Gasteiger partial charge in [0.25, 0.3) is 10.0 Å². The van der Waals surface area contributed by atoms with Gasteiger partial charge in [-0.2, -0.15) is 0 Å². The molecular weight excluding hydrogens is 356 g/mol. The van der Waals surface area contributed by atoms with Gasteiger partial charge in [0, 0.05) is 22.8 Å². The van der Waals surface area contributed by atoms with E-state index < -0.39 is 10.0 Å². The lowest BCUT2D eigenvalue weighted by atomic mass is 10.3. The molecule has 0 aliphatic heterocycles. The van der Waals surface area contributed by atoms with E-state index in [9.17, 15) is 13.2 Å². The third-order valence-corrected chi connectivity index (χ3v) is 4.45. The normalized spacial score (nSPS) is 11.0. The van der Waals surface area contributed by atoms with Gasteiger partial charge >= 0.3 is 0 Å². The van der Waals surface area contributed by atoms with E-state index in [1.54, 1.807) is 24.3 Å². The van der Waals surface area contributed by atoms with Crippen LogP contribution in [-0.4, -0.2) is 14.3 Å². The molecule has 0 saturated heterocycles. The lowest BCUT2D eigenvalue weighted by molar-refractivity contribution is -0.114. The van der Waals surface area contributed by atoms with Crippen molar-refractivity contribution in [2.24, 2.45) is 0 Å². The molecule has 0 radical (unpaired) electrons. The number of halogens is 1. The van der Waals surface area contributed by atoms with Crippen LogP contribution < -0.4 is 10.0 Å². The average molecular weight is 369 g/mol. The van der Waals surface area contributed by atoms with Crippen LogP contribution in [-0.2, 0) is 14.8 Å². The molecule has 2 rings (SSSR count). The zero-order valence-electron chi connectivity index (χ0n) is 11.1. The summed E-state index contributed by atoms with van der Waals surface area (Å²) in [4.78, 5) is 11.0. The SMILES string of the molecule is CC(=O)Nc1ccc(S(=O)(=O)Nc2cccc(Br)c2)cc1. The quantitative estimate of drug-likeness (QED) is 0.869. The van der Waals surface area contributed by atoms with E-state index in [2.05, 4.69) is 26.0 Å². The number of hydrogen-bond acceptors (Lipinski definition) is 3. The Hall–Kier alpha value is -1.86. The molecule has 0 atom stereocenters. The van der Waals surface area contributed by atoms with Crippen LogP contribution in [0.4, 0.5) is 11.4 Å². The van der Waals surface area contributed by atoms with Crippen molar-refractivity contribution in [2.45, 2.75) is 11.8 Å². The lowest BCUT2D eigenvalue weighted by Gasteiger charge is -2.09. The lowest BCUT2D eigenvalue weighted by Crippen LogP contribution is -2.13. The van der Waals surface area contributed by atoms with Gasteiger partial charge in [0.15, 0.2) is 0 Å². The van der Waals surface area contributed by atoms with E-state index in [1.165, 1.54) is 31.2 Å². The largest absolute Gasteiger partial charge is 0.326 e. The molecule has 7 heteroatoms. The van der Waals surface area contributed by atoms with E-state index in [4.69, 9.17) is 0 Å². The van der Waals surface area contributed by atoms with E-state index in [0.29, 0.717) is 11.4 Å². The molecule has 0 fully saturated rings. The average Bonchev–Trinajstić information content (AvgIpc) is 2.38. The van der Waals surface area contributed by atoms with Crippen LogP contribution in [0.5, 0.6) is 0 Å². The van der Waals surface area contributed by atoms with E-state index in [-0.39, 0.29) is 10.8 Å². The minimum absolute atomic E-state index is 0.122. The van der Waals surface area contributed by atoms with Crippen molar-refractivity contribution in [3.8, 4) is 0 Å².